The van der Waals surface area contributed by atoms with Crippen molar-refractivity contribution in [2.45, 2.75) is 6.92 Å². The van der Waals surface area contributed by atoms with Gasteiger partial charge in [-0.05, 0) is 41.3 Å². The van der Waals surface area contributed by atoms with Crippen LogP contribution in [-0.4, -0.2) is 19.2 Å². The molecular formula is C20H20O3. The molecule has 2 aromatic rings. The molecule has 0 spiro atoms. The second-order valence-electron chi connectivity index (χ2n) is 5.04. The summed E-state index contributed by atoms with van der Waals surface area (Å²) in [5, 5.41) is 0. The molecule has 0 atom stereocenters. The quantitative estimate of drug-likeness (QED) is 0.437. The summed E-state index contributed by atoms with van der Waals surface area (Å²) in [4.78, 5) is 10.9. The Balaban J connectivity index is 1.99. The van der Waals surface area contributed by atoms with Gasteiger partial charge in [0.2, 0.25) is 0 Å². The Bertz CT molecular complexity index is 702. The Morgan fingerprint density at radius 2 is 1.87 bits per heavy atom. The average molecular weight is 308 g/mol. The third-order valence-electron chi connectivity index (χ3n) is 3.41. The lowest BCUT2D eigenvalue weighted by molar-refractivity contribution is -0.138. The first-order chi connectivity index (χ1) is 11.1. The zero-order valence-electron chi connectivity index (χ0n) is 13.2. The summed E-state index contributed by atoms with van der Waals surface area (Å²) in [5.41, 5.74) is 4.25. The van der Waals surface area contributed by atoms with E-state index in [2.05, 4.69) is 13.2 Å². The van der Waals surface area contributed by atoms with Crippen LogP contribution in [0.2, 0.25) is 0 Å². The minimum atomic E-state index is -0.445. The molecule has 0 unspecified atom stereocenters. The van der Waals surface area contributed by atoms with Gasteiger partial charge in [0.05, 0.1) is 0 Å². The minimum absolute atomic E-state index is 0.197. The number of carbonyl (C=O) groups excluding carboxylic acids is 1. The zero-order valence-corrected chi connectivity index (χ0v) is 13.2. The highest BCUT2D eigenvalue weighted by Gasteiger charge is 2.07. The second-order valence-corrected chi connectivity index (χ2v) is 5.04. The summed E-state index contributed by atoms with van der Waals surface area (Å²) >= 11 is 0. The van der Waals surface area contributed by atoms with Crippen molar-refractivity contribution in [3.63, 3.8) is 0 Å². The predicted octanol–water partition coefficient (Wildman–Crippen LogP) is 4.16. The summed E-state index contributed by atoms with van der Waals surface area (Å²) < 4.78 is 10.4. The minimum Gasteiger partial charge on any atom is -0.490 e. The smallest absolute Gasteiger partial charge is 0.330 e. The van der Waals surface area contributed by atoms with E-state index in [9.17, 15) is 4.79 Å². The van der Waals surface area contributed by atoms with Gasteiger partial charge in [0, 0.05) is 6.08 Å². The van der Waals surface area contributed by atoms with Crippen molar-refractivity contribution in [3.8, 4) is 5.75 Å². The van der Waals surface area contributed by atoms with E-state index in [1.807, 2.05) is 55.5 Å². The molecule has 0 saturated heterocycles. The number of rotatable bonds is 7. The summed E-state index contributed by atoms with van der Waals surface area (Å²) in [7, 11) is 0. The van der Waals surface area contributed by atoms with Crippen LogP contribution in [0.15, 0.2) is 67.8 Å². The molecule has 0 bridgehead atoms. The first-order valence-corrected chi connectivity index (χ1v) is 7.39. The van der Waals surface area contributed by atoms with Crippen molar-refractivity contribution in [2.24, 2.45) is 0 Å². The Kier molecular flexibility index (Phi) is 5.75. The largest absolute Gasteiger partial charge is 0.490 e. The Morgan fingerprint density at radius 3 is 2.52 bits per heavy atom. The molecule has 2 aromatic carbocycles. The topological polar surface area (TPSA) is 35.5 Å². The maximum Gasteiger partial charge on any atom is 0.330 e. The van der Waals surface area contributed by atoms with E-state index >= 15 is 0 Å². The van der Waals surface area contributed by atoms with E-state index in [0.29, 0.717) is 6.61 Å². The number of aryl methyl sites for hydroxylation is 1. The van der Waals surface area contributed by atoms with Gasteiger partial charge < -0.3 is 9.47 Å². The van der Waals surface area contributed by atoms with Crippen LogP contribution in [0.25, 0.3) is 5.57 Å². The maximum atomic E-state index is 10.9. The Hall–Kier alpha value is -2.81. The van der Waals surface area contributed by atoms with Crippen LogP contribution in [0.4, 0.5) is 0 Å². The van der Waals surface area contributed by atoms with Gasteiger partial charge in [-0.2, -0.15) is 0 Å². The number of carbonyl (C=O) groups is 1. The van der Waals surface area contributed by atoms with Crippen LogP contribution in [0.3, 0.4) is 0 Å². The van der Waals surface area contributed by atoms with Crippen LogP contribution >= 0.6 is 0 Å². The van der Waals surface area contributed by atoms with Crippen molar-refractivity contribution in [2.75, 3.05) is 13.2 Å². The van der Waals surface area contributed by atoms with Crippen molar-refractivity contribution < 1.29 is 14.3 Å². The molecular weight excluding hydrogens is 288 g/mol. The molecule has 0 aromatic heterocycles. The van der Waals surface area contributed by atoms with Crippen LogP contribution in [0, 0.1) is 6.92 Å². The lowest BCUT2D eigenvalue weighted by Gasteiger charge is -2.12. The molecule has 2 rings (SSSR count). The molecule has 0 N–H and O–H groups in total. The number of ether oxygens (including phenoxy) is 2. The van der Waals surface area contributed by atoms with E-state index in [0.717, 1.165) is 34.1 Å². The van der Waals surface area contributed by atoms with Crippen molar-refractivity contribution >= 4 is 11.5 Å². The second kappa shape index (κ2) is 7.99. The monoisotopic (exact) mass is 308 g/mol. The van der Waals surface area contributed by atoms with Crippen LogP contribution in [-0.2, 0) is 9.53 Å². The van der Waals surface area contributed by atoms with Gasteiger partial charge in [-0.3, -0.25) is 0 Å². The first kappa shape index (κ1) is 16.6. The molecule has 23 heavy (non-hydrogen) atoms. The van der Waals surface area contributed by atoms with Gasteiger partial charge in [0.1, 0.15) is 19.0 Å². The fraction of sp³-hybridized carbons (Fsp3) is 0.150. The molecule has 0 aliphatic rings. The number of esters is 1. The summed E-state index contributed by atoms with van der Waals surface area (Å²) in [6.45, 7) is 10.0. The first-order valence-electron chi connectivity index (χ1n) is 7.39. The highest BCUT2D eigenvalue weighted by molar-refractivity contribution is 5.81. The van der Waals surface area contributed by atoms with E-state index in [4.69, 9.17) is 9.47 Å². The highest BCUT2D eigenvalue weighted by atomic mass is 16.6. The molecule has 0 radical (unpaired) electrons. The molecule has 3 heteroatoms. The van der Waals surface area contributed by atoms with E-state index in [-0.39, 0.29) is 6.61 Å². The number of hydrogen-bond acceptors (Lipinski definition) is 3. The van der Waals surface area contributed by atoms with Crippen LogP contribution in [0.5, 0.6) is 5.75 Å². The molecule has 3 nitrogen and oxygen atoms in total. The normalized spacial score (nSPS) is 9.96. The van der Waals surface area contributed by atoms with Gasteiger partial charge in [-0.15, -0.1) is 0 Å². The Labute approximate surface area is 136 Å². The predicted molar refractivity (Wildman–Crippen MR) is 92.4 cm³/mol. The lowest BCUT2D eigenvalue weighted by atomic mass is 9.96. The molecule has 0 aliphatic carbocycles. The third kappa shape index (κ3) is 4.58. The third-order valence-corrected chi connectivity index (χ3v) is 3.41. The van der Waals surface area contributed by atoms with Gasteiger partial charge in [0.15, 0.2) is 0 Å². The van der Waals surface area contributed by atoms with Crippen molar-refractivity contribution in [1.82, 2.24) is 0 Å². The van der Waals surface area contributed by atoms with E-state index in [1.54, 1.807) is 0 Å². The van der Waals surface area contributed by atoms with Gasteiger partial charge in [-0.25, -0.2) is 4.79 Å². The molecule has 0 fully saturated rings. The summed E-state index contributed by atoms with van der Waals surface area (Å²) in [5.74, 6) is 0.293. The molecule has 0 heterocycles. The lowest BCUT2D eigenvalue weighted by Crippen LogP contribution is -2.10. The van der Waals surface area contributed by atoms with Gasteiger partial charge in [0.25, 0.3) is 0 Å². The Morgan fingerprint density at radius 1 is 1.13 bits per heavy atom. The average Bonchev–Trinajstić information content (AvgIpc) is 2.58. The molecule has 0 aliphatic heterocycles. The van der Waals surface area contributed by atoms with E-state index in [1.165, 1.54) is 0 Å². The number of benzene rings is 2. The molecule has 0 saturated carbocycles. The van der Waals surface area contributed by atoms with Gasteiger partial charge in [-0.1, -0.05) is 49.6 Å². The highest BCUT2D eigenvalue weighted by Crippen LogP contribution is 2.27. The zero-order chi connectivity index (χ0) is 16.7. The SMILES string of the molecule is C=CC(=O)OCCOc1ccc(C(=C)c2ccccc2)c(C)c1. The van der Waals surface area contributed by atoms with Crippen molar-refractivity contribution in [1.29, 1.82) is 0 Å². The molecule has 0 amide bonds. The fourth-order valence-electron chi connectivity index (χ4n) is 2.22. The summed E-state index contributed by atoms with van der Waals surface area (Å²) in [6.07, 6.45) is 1.13. The summed E-state index contributed by atoms with van der Waals surface area (Å²) in [6, 6.07) is 15.9. The van der Waals surface area contributed by atoms with E-state index < -0.39 is 5.97 Å². The van der Waals surface area contributed by atoms with Crippen molar-refractivity contribution in [3.05, 3.63) is 84.5 Å². The van der Waals surface area contributed by atoms with Gasteiger partial charge >= 0.3 is 5.97 Å². The number of hydrogen-bond donors (Lipinski definition) is 0. The van der Waals surface area contributed by atoms with Crippen LogP contribution in [0.1, 0.15) is 16.7 Å². The fourth-order valence-corrected chi connectivity index (χ4v) is 2.22. The standard InChI is InChI=1S/C20H20O3/c1-4-20(21)23-13-12-22-18-10-11-19(15(2)14-18)16(3)17-8-6-5-7-9-17/h4-11,14H,1,3,12-13H2,2H3. The molecule has 118 valence electrons. The maximum absolute atomic E-state index is 10.9. The van der Waals surface area contributed by atoms with Crippen LogP contribution < -0.4 is 4.74 Å².